The lowest BCUT2D eigenvalue weighted by Gasteiger charge is -2.36. The fourth-order valence-electron chi connectivity index (χ4n) is 4.08. The van der Waals surface area contributed by atoms with E-state index in [2.05, 4.69) is 4.98 Å². The number of nitrogens with zero attached hydrogens (tertiary/aromatic N) is 3. The number of aromatic amines is 1. The normalized spacial score (nSPS) is 18.1. The number of nitrogens with one attached hydrogen (secondary N) is 1. The van der Waals surface area contributed by atoms with Gasteiger partial charge in [-0.1, -0.05) is 31.0 Å². The van der Waals surface area contributed by atoms with Gasteiger partial charge in [-0.05, 0) is 37.2 Å². The molecule has 2 fully saturated rings. The van der Waals surface area contributed by atoms with Crippen LogP contribution in [0.4, 0.5) is 0 Å². The average molecular weight is 385 g/mol. The van der Waals surface area contributed by atoms with Crippen LogP contribution >= 0.6 is 12.2 Å². The minimum atomic E-state index is -0.0563. The number of amides is 2. The van der Waals surface area contributed by atoms with Crippen LogP contribution in [0.3, 0.4) is 0 Å². The highest BCUT2D eigenvalue weighted by molar-refractivity contribution is 7.71. The van der Waals surface area contributed by atoms with Crippen LogP contribution in [-0.4, -0.2) is 57.3 Å². The van der Waals surface area contributed by atoms with Crippen LogP contribution in [0.15, 0.2) is 36.5 Å². The van der Waals surface area contributed by atoms with Gasteiger partial charge in [0.05, 0.1) is 0 Å². The van der Waals surface area contributed by atoms with Crippen LogP contribution in [0, 0.1) is 10.7 Å². The van der Waals surface area contributed by atoms with Crippen molar-refractivity contribution >= 4 is 24.0 Å². The summed E-state index contributed by atoms with van der Waals surface area (Å²) < 4.78 is 2.27. The lowest BCUT2D eigenvalue weighted by atomic mass is 10.1. The van der Waals surface area contributed by atoms with Crippen molar-refractivity contribution in [3.63, 3.8) is 0 Å². The lowest BCUT2D eigenvalue weighted by molar-refractivity contribution is -0.136. The predicted octanol–water partition coefficient (Wildman–Crippen LogP) is 3.01. The van der Waals surface area contributed by atoms with Gasteiger partial charge >= 0.3 is 0 Å². The summed E-state index contributed by atoms with van der Waals surface area (Å²) in [5.74, 6) is 0.410. The average Bonchev–Trinajstić information content (AvgIpc) is 3.37. The lowest BCUT2D eigenvalue weighted by Crippen LogP contribution is -2.52. The van der Waals surface area contributed by atoms with E-state index in [4.69, 9.17) is 12.2 Å². The smallest absolute Gasteiger partial charge is 0.272 e. The summed E-state index contributed by atoms with van der Waals surface area (Å²) in [5, 5.41) is 0. The molecule has 1 aliphatic carbocycles. The third-order valence-corrected chi connectivity index (χ3v) is 5.89. The predicted molar refractivity (Wildman–Crippen MR) is 105 cm³/mol. The van der Waals surface area contributed by atoms with Crippen LogP contribution in [0.25, 0.3) is 5.69 Å². The molecule has 0 atom stereocenters. The summed E-state index contributed by atoms with van der Waals surface area (Å²) in [6, 6.07) is 9.64. The summed E-state index contributed by atoms with van der Waals surface area (Å²) in [5.41, 5.74) is 1.39. The first kappa shape index (κ1) is 18.0. The Morgan fingerprint density at radius 3 is 2.26 bits per heavy atom. The van der Waals surface area contributed by atoms with Gasteiger partial charge in [-0.25, -0.2) is 0 Å². The molecule has 1 saturated carbocycles. The molecule has 1 aromatic heterocycles. The monoisotopic (exact) mass is 384 g/mol. The molecule has 1 N–H and O–H groups in total. The highest BCUT2D eigenvalue weighted by Crippen LogP contribution is 2.27. The Kier molecular flexibility index (Phi) is 5.11. The van der Waals surface area contributed by atoms with E-state index in [1.165, 1.54) is 0 Å². The molecule has 4 rings (SSSR count). The third-order valence-electron chi connectivity index (χ3n) is 5.59. The number of hydrogen-bond acceptors (Lipinski definition) is 3. The molecule has 27 heavy (non-hydrogen) atoms. The second-order valence-corrected chi connectivity index (χ2v) is 7.64. The number of carbonyl (C=O) groups is 2. The first-order chi connectivity index (χ1) is 13.1. The van der Waals surface area contributed by atoms with E-state index in [1.54, 1.807) is 10.8 Å². The van der Waals surface area contributed by atoms with Gasteiger partial charge < -0.3 is 14.8 Å². The first-order valence-electron chi connectivity index (χ1n) is 9.59. The van der Waals surface area contributed by atoms with Crippen molar-refractivity contribution in [3.05, 3.63) is 47.0 Å². The van der Waals surface area contributed by atoms with Crippen molar-refractivity contribution in [2.24, 2.45) is 5.92 Å². The van der Waals surface area contributed by atoms with E-state index in [1.807, 2.05) is 40.1 Å². The number of H-pyrrole nitrogens is 1. The zero-order valence-electron chi connectivity index (χ0n) is 15.3. The highest BCUT2D eigenvalue weighted by atomic mass is 32.1. The Hall–Kier alpha value is -2.41. The third kappa shape index (κ3) is 3.56. The Morgan fingerprint density at radius 2 is 1.59 bits per heavy atom. The molecule has 1 aliphatic heterocycles. The maximum atomic E-state index is 13.1. The van der Waals surface area contributed by atoms with Crippen LogP contribution in [-0.2, 0) is 4.79 Å². The Labute approximate surface area is 163 Å². The molecule has 2 aromatic rings. The molecule has 2 aliphatic rings. The van der Waals surface area contributed by atoms with Crippen LogP contribution in [0.2, 0.25) is 0 Å². The largest absolute Gasteiger partial charge is 0.339 e. The second-order valence-electron chi connectivity index (χ2n) is 7.25. The summed E-state index contributed by atoms with van der Waals surface area (Å²) in [4.78, 5) is 32.4. The van der Waals surface area contributed by atoms with Gasteiger partial charge in [-0.15, -0.1) is 0 Å². The van der Waals surface area contributed by atoms with Gasteiger partial charge in [0.15, 0.2) is 4.77 Å². The van der Waals surface area contributed by atoms with Gasteiger partial charge in [-0.3, -0.25) is 14.2 Å². The molecule has 2 heterocycles. The van der Waals surface area contributed by atoms with Crippen LogP contribution in [0.5, 0.6) is 0 Å². The van der Waals surface area contributed by atoms with Crippen molar-refractivity contribution < 1.29 is 9.59 Å². The fraction of sp³-hybridized carbons (Fsp3) is 0.450. The van der Waals surface area contributed by atoms with E-state index in [0.717, 1.165) is 31.4 Å². The number of para-hydroxylation sites is 1. The van der Waals surface area contributed by atoms with Gasteiger partial charge in [0, 0.05) is 44.0 Å². The zero-order chi connectivity index (χ0) is 18.8. The molecular formula is C20H24N4O2S. The molecule has 2 amide bonds. The van der Waals surface area contributed by atoms with E-state index in [0.29, 0.717) is 36.6 Å². The van der Waals surface area contributed by atoms with E-state index in [9.17, 15) is 9.59 Å². The molecule has 0 radical (unpaired) electrons. The van der Waals surface area contributed by atoms with Crippen LogP contribution < -0.4 is 0 Å². The van der Waals surface area contributed by atoms with Crippen molar-refractivity contribution in [2.45, 2.75) is 25.7 Å². The summed E-state index contributed by atoms with van der Waals surface area (Å²) in [6.45, 7) is 2.34. The maximum absolute atomic E-state index is 13.1. The highest BCUT2D eigenvalue weighted by Gasteiger charge is 2.31. The van der Waals surface area contributed by atoms with Crippen molar-refractivity contribution in [1.29, 1.82) is 0 Å². The number of aromatic nitrogens is 2. The number of benzene rings is 1. The van der Waals surface area contributed by atoms with Gasteiger partial charge in [-0.2, -0.15) is 0 Å². The fourth-order valence-corrected chi connectivity index (χ4v) is 4.34. The van der Waals surface area contributed by atoms with E-state index >= 15 is 0 Å². The van der Waals surface area contributed by atoms with E-state index < -0.39 is 0 Å². The summed E-state index contributed by atoms with van der Waals surface area (Å²) in [6.07, 6.45) is 6.02. The Bertz CT molecular complexity index is 875. The molecule has 142 valence electrons. The molecule has 0 unspecified atom stereocenters. The van der Waals surface area contributed by atoms with Gasteiger partial charge in [0.2, 0.25) is 5.91 Å². The van der Waals surface area contributed by atoms with E-state index in [-0.39, 0.29) is 17.7 Å². The number of imidazole rings is 1. The van der Waals surface area contributed by atoms with Crippen LogP contribution in [0.1, 0.15) is 36.2 Å². The van der Waals surface area contributed by atoms with Crippen molar-refractivity contribution in [3.8, 4) is 5.69 Å². The van der Waals surface area contributed by atoms with Gasteiger partial charge in [0.25, 0.3) is 5.91 Å². The summed E-state index contributed by atoms with van der Waals surface area (Å²) >= 11 is 5.37. The standard InChI is InChI=1S/C20H24N4O2S/c25-18(15-6-4-5-7-15)22-10-12-23(13-11-22)19(26)17-14-21-20(27)24(17)16-8-2-1-3-9-16/h1-3,8-9,14-15H,4-7,10-13H2,(H,21,27). The molecule has 7 heteroatoms. The number of piperazine rings is 1. The zero-order valence-corrected chi connectivity index (χ0v) is 16.1. The second kappa shape index (κ2) is 7.68. The molecule has 1 aromatic carbocycles. The molecule has 0 spiro atoms. The SMILES string of the molecule is O=C(c1c[nH]c(=S)n1-c1ccccc1)N1CCN(C(=O)C2CCCC2)CC1. The Balaban J connectivity index is 1.46. The van der Waals surface area contributed by atoms with Gasteiger partial charge in [0.1, 0.15) is 5.69 Å². The number of rotatable bonds is 3. The topological polar surface area (TPSA) is 61.3 Å². The molecule has 0 bridgehead atoms. The Morgan fingerprint density at radius 1 is 0.963 bits per heavy atom. The number of hydrogen-bond donors (Lipinski definition) is 1. The summed E-state index contributed by atoms with van der Waals surface area (Å²) in [7, 11) is 0. The minimum absolute atomic E-state index is 0.0563. The first-order valence-corrected chi connectivity index (χ1v) is 10.00. The quantitative estimate of drug-likeness (QED) is 0.828. The number of carbonyl (C=O) groups excluding carboxylic acids is 2. The maximum Gasteiger partial charge on any atom is 0.272 e. The van der Waals surface area contributed by atoms with Crippen molar-refractivity contribution in [2.75, 3.05) is 26.2 Å². The molecule has 6 nitrogen and oxygen atoms in total. The molecule has 1 saturated heterocycles. The van der Waals surface area contributed by atoms with Crippen molar-refractivity contribution in [1.82, 2.24) is 19.4 Å². The molecular weight excluding hydrogens is 360 g/mol. The minimum Gasteiger partial charge on any atom is -0.339 e.